The van der Waals surface area contributed by atoms with Crippen LogP contribution >= 0.6 is 0 Å². The second kappa shape index (κ2) is 8.19. The fourth-order valence-corrected chi connectivity index (χ4v) is 3.35. The average Bonchev–Trinajstić information content (AvgIpc) is 3.12. The fraction of sp³-hybridized carbons (Fsp3) is 0.0870. The maximum atomic E-state index is 11.6. The smallest absolute Gasteiger partial charge is 0.247 e. The van der Waals surface area contributed by atoms with Gasteiger partial charge in [-0.25, -0.2) is 9.97 Å². The molecule has 0 saturated heterocycles. The zero-order chi connectivity index (χ0) is 22.0. The van der Waals surface area contributed by atoms with E-state index in [1.165, 1.54) is 13.2 Å². The Balaban J connectivity index is 1.71. The van der Waals surface area contributed by atoms with E-state index >= 15 is 0 Å². The van der Waals surface area contributed by atoms with Gasteiger partial charge in [0.1, 0.15) is 11.5 Å². The first-order valence-electron chi connectivity index (χ1n) is 9.49. The molecule has 31 heavy (non-hydrogen) atoms. The van der Waals surface area contributed by atoms with Crippen molar-refractivity contribution in [2.24, 2.45) is 7.05 Å². The van der Waals surface area contributed by atoms with E-state index < -0.39 is 5.91 Å². The number of phenols is 1. The molecular weight excluding hydrogens is 394 g/mol. The summed E-state index contributed by atoms with van der Waals surface area (Å²) in [6.07, 6.45) is 4.81. The average molecular weight is 415 g/mol. The third-order valence-electron chi connectivity index (χ3n) is 4.84. The molecule has 156 valence electrons. The van der Waals surface area contributed by atoms with Crippen molar-refractivity contribution in [3.05, 3.63) is 67.5 Å². The number of methoxy groups -OCH3 is 1. The van der Waals surface area contributed by atoms with Crippen molar-refractivity contribution in [3.63, 3.8) is 0 Å². The van der Waals surface area contributed by atoms with Gasteiger partial charge in [-0.15, -0.1) is 0 Å². The number of aromatic hydroxyl groups is 1. The molecule has 0 atom stereocenters. The lowest BCUT2D eigenvalue weighted by Gasteiger charge is -2.14. The van der Waals surface area contributed by atoms with Gasteiger partial charge < -0.3 is 25.0 Å². The Morgan fingerprint density at radius 3 is 2.81 bits per heavy atom. The van der Waals surface area contributed by atoms with Gasteiger partial charge in [-0.1, -0.05) is 24.8 Å². The number of phenolic OH excluding ortho intramolecular Hbond substituents is 1. The molecule has 0 aliphatic carbocycles. The third-order valence-corrected chi connectivity index (χ3v) is 4.84. The number of ether oxygens (including phenoxy) is 1. The molecule has 0 bridgehead atoms. The van der Waals surface area contributed by atoms with E-state index in [0.717, 1.165) is 28.2 Å². The lowest BCUT2D eigenvalue weighted by Crippen LogP contribution is -2.08. The Hall–Kier alpha value is -4.33. The van der Waals surface area contributed by atoms with Crippen LogP contribution in [0.15, 0.2) is 67.5 Å². The monoisotopic (exact) mass is 415 g/mol. The number of anilines is 3. The van der Waals surface area contributed by atoms with E-state index in [-0.39, 0.29) is 11.4 Å². The minimum absolute atomic E-state index is 0.136. The van der Waals surface area contributed by atoms with Gasteiger partial charge in [0.2, 0.25) is 11.9 Å². The summed E-state index contributed by atoms with van der Waals surface area (Å²) in [6.45, 7) is 3.42. The molecule has 8 nitrogen and oxygen atoms in total. The normalized spacial score (nSPS) is 10.6. The summed E-state index contributed by atoms with van der Waals surface area (Å²) >= 11 is 0. The molecule has 0 saturated carbocycles. The maximum absolute atomic E-state index is 11.6. The topological polar surface area (TPSA) is 101 Å². The molecule has 1 amide bonds. The number of rotatable bonds is 6. The first-order chi connectivity index (χ1) is 15.0. The molecule has 0 fully saturated rings. The van der Waals surface area contributed by atoms with Crippen molar-refractivity contribution < 1.29 is 14.6 Å². The first kappa shape index (κ1) is 20.0. The number of aromatic nitrogens is 3. The second-order valence-corrected chi connectivity index (χ2v) is 6.82. The molecule has 0 aliphatic heterocycles. The Morgan fingerprint density at radius 1 is 1.23 bits per heavy atom. The van der Waals surface area contributed by atoms with E-state index in [0.29, 0.717) is 17.4 Å². The highest BCUT2D eigenvalue weighted by molar-refractivity contribution is 6.00. The molecular formula is C23H21N5O3. The number of para-hydroxylation sites is 1. The van der Waals surface area contributed by atoms with Gasteiger partial charge >= 0.3 is 0 Å². The Morgan fingerprint density at radius 2 is 2.03 bits per heavy atom. The second-order valence-electron chi connectivity index (χ2n) is 6.82. The van der Waals surface area contributed by atoms with Crippen molar-refractivity contribution in [2.75, 3.05) is 17.7 Å². The van der Waals surface area contributed by atoms with Gasteiger partial charge in [0.25, 0.3) is 0 Å². The summed E-state index contributed by atoms with van der Waals surface area (Å²) < 4.78 is 7.40. The van der Waals surface area contributed by atoms with Crippen LogP contribution in [-0.4, -0.2) is 32.7 Å². The quantitative estimate of drug-likeness (QED) is 0.248. The summed E-state index contributed by atoms with van der Waals surface area (Å²) in [7, 11) is 3.47. The molecule has 0 spiro atoms. The van der Waals surface area contributed by atoms with Gasteiger partial charge in [-0.2, -0.15) is 0 Å². The number of hydrogen-bond donors (Lipinski definition) is 3. The highest BCUT2D eigenvalue weighted by Gasteiger charge is 2.14. The largest absolute Gasteiger partial charge is 0.506 e. The summed E-state index contributed by atoms with van der Waals surface area (Å²) in [6, 6.07) is 12.9. The SMILES string of the molecule is C=CC(=O)Nc1cc(Nc2nccc(-c3cn(C)c4ccccc34)n2)c(OC)cc1O. The Bertz CT molecular complexity index is 1300. The van der Waals surface area contributed by atoms with Crippen molar-refractivity contribution in [1.82, 2.24) is 14.5 Å². The minimum atomic E-state index is -0.444. The van der Waals surface area contributed by atoms with Gasteiger partial charge in [0.05, 0.1) is 24.2 Å². The maximum Gasteiger partial charge on any atom is 0.247 e. The first-order valence-corrected chi connectivity index (χ1v) is 9.49. The molecule has 4 rings (SSSR count). The Kier molecular flexibility index (Phi) is 5.28. The lowest BCUT2D eigenvalue weighted by molar-refractivity contribution is -0.111. The van der Waals surface area contributed by atoms with Crippen LogP contribution in [-0.2, 0) is 11.8 Å². The summed E-state index contributed by atoms with van der Waals surface area (Å²) in [5, 5.41) is 16.9. The van der Waals surface area contributed by atoms with Crippen LogP contribution < -0.4 is 15.4 Å². The number of hydrogen-bond acceptors (Lipinski definition) is 6. The predicted octanol–water partition coefficient (Wildman–Crippen LogP) is 4.22. The highest BCUT2D eigenvalue weighted by Crippen LogP contribution is 2.37. The van der Waals surface area contributed by atoms with Gasteiger partial charge in [0, 0.05) is 42.0 Å². The van der Waals surface area contributed by atoms with E-state index in [1.807, 2.05) is 31.4 Å². The van der Waals surface area contributed by atoms with Crippen LogP contribution in [0.4, 0.5) is 17.3 Å². The van der Waals surface area contributed by atoms with E-state index in [1.54, 1.807) is 12.3 Å². The number of carbonyl (C=O) groups is 1. The van der Waals surface area contributed by atoms with Crippen LogP contribution in [0.25, 0.3) is 22.2 Å². The highest BCUT2D eigenvalue weighted by atomic mass is 16.5. The number of nitrogens with zero attached hydrogens (tertiary/aromatic N) is 3. The van der Waals surface area contributed by atoms with Crippen molar-refractivity contribution >= 4 is 34.1 Å². The summed E-state index contributed by atoms with van der Waals surface area (Å²) in [4.78, 5) is 20.6. The van der Waals surface area contributed by atoms with E-state index in [2.05, 4.69) is 43.9 Å². The van der Waals surface area contributed by atoms with E-state index in [9.17, 15) is 9.90 Å². The zero-order valence-corrected chi connectivity index (χ0v) is 17.1. The fourth-order valence-electron chi connectivity index (χ4n) is 3.35. The number of aryl methyl sites for hydroxylation is 1. The van der Waals surface area contributed by atoms with Crippen molar-refractivity contribution in [1.29, 1.82) is 0 Å². The molecule has 2 heterocycles. The molecule has 4 aromatic rings. The molecule has 0 radical (unpaired) electrons. The van der Waals surface area contributed by atoms with Crippen molar-refractivity contribution in [2.45, 2.75) is 0 Å². The summed E-state index contributed by atoms with van der Waals surface area (Å²) in [5.74, 6) is 0.132. The van der Waals surface area contributed by atoms with Gasteiger partial charge in [-0.3, -0.25) is 4.79 Å². The van der Waals surface area contributed by atoms with Crippen LogP contribution in [0.2, 0.25) is 0 Å². The Labute approximate surface area is 178 Å². The number of amides is 1. The number of nitrogens with one attached hydrogen (secondary N) is 2. The van der Waals surface area contributed by atoms with Crippen LogP contribution in [0.5, 0.6) is 11.5 Å². The predicted molar refractivity (Wildman–Crippen MR) is 121 cm³/mol. The zero-order valence-electron chi connectivity index (χ0n) is 17.1. The molecule has 3 N–H and O–H groups in total. The minimum Gasteiger partial charge on any atom is -0.506 e. The standard InChI is InChI=1S/C23H21N5O3/c1-4-22(30)25-17-11-18(21(31-3)12-20(17)29)27-23-24-10-9-16(26-23)15-13-28(2)19-8-6-5-7-14(15)19/h4-13,29H,1H2,2-3H3,(H,25,30)(H,24,26,27). The molecule has 8 heteroatoms. The third kappa shape index (κ3) is 3.91. The number of fused-ring (bicyclic) bond motifs is 1. The van der Waals surface area contributed by atoms with Crippen LogP contribution in [0, 0.1) is 0 Å². The molecule has 0 aliphatic rings. The number of benzene rings is 2. The lowest BCUT2D eigenvalue weighted by atomic mass is 10.1. The van der Waals surface area contributed by atoms with Crippen molar-refractivity contribution in [3.8, 4) is 22.8 Å². The van der Waals surface area contributed by atoms with Gasteiger partial charge in [0.15, 0.2) is 0 Å². The summed E-state index contributed by atoms with van der Waals surface area (Å²) in [5.41, 5.74) is 3.54. The molecule has 2 aromatic carbocycles. The number of carbonyl (C=O) groups excluding carboxylic acids is 1. The van der Waals surface area contributed by atoms with Gasteiger partial charge in [-0.05, 0) is 24.3 Å². The molecule has 0 unspecified atom stereocenters. The molecule has 2 aromatic heterocycles. The van der Waals surface area contributed by atoms with Crippen LogP contribution in [0.1, 0.15) is 0 Å². The van der Waals surface area contributed by atoms with E-state index in [4.69, 9.17) is 4.74 Å². The van der Waals surface area contributed by atoms with Crippen LogP contribution in [0.3, 0.4) is 0 Å².